The fraction of sp³-hybridized carbons (Fsp3) is 0.476. The van der Waals surface area contributed by atoms with Crippen molar-refractivity contribution in [3.05, 3.63) is 42.7 Å². The number of primary amides is 1. The van der Waals surface area contributed by atoms with Gasteiger partial charge in [-0.3, -0.25) is 23.0 Å². The molecule has 5 rings (SSSR count). The maximum absolute atomic E-state index is 13.3. The first-order chi connectivity index (χ1) is 20.6. The van der Waals surface area contributed by atoms with Crippen LogP contribution in [0, 0.1) is 0 Å². The summed E-state index contributed by atoms with van der Waals surface area (Å²) in [5.41, 5.74) is 11.3. The van der Waals surface area contributed by atoms with Gasteiger partial charge in [-0.2, -0.15) is 4.57 Å². The minimum Gasteiger partial charge on any atom is -0.756 e. The molecule has 0 aromatic carbocycles. The monoisotopic (exact) mass is 663 g/mol. The lowest BCUT2D eigenvalue weighted by atomic mass is 10.1. The number of amides is 1. The number of imidazole rings is 1. The van der Waals surface area contributed by atoms with Crippen molar-refractivity contribution in [3.63, 3.8) is 0 Å². The largest absolute Gasteiger partial charge is 0.756 e. The predicted octanol–water partition coefficient (Wildman–Crippen LogP) is -4.26. The zero-order valence-corrected chi connectivity index (χ0v) is 23.9. The lowest BCUT2D eigenvalue weighted by molar-refractivity contribution is -0.766. The average molecular weight is 663 g/mol. The van der Waals surface area contributed by atoms with E-state index in [9.17, 15) is 49.0 Å². The number of aromatic nitrogens is 5. The molecule has 2 aliphatic rings. The number of carbonyl (C=O) groups is 1. The summed E-state index contributed by atoms with van der Waals surface area (Å²) in [6.45, 7) is -0.967. The molecule has 1 amide bonds. The van der Waals surface area contributed by atoms with Crippen LogP contribution in [-0.2, 0) is 27.7 Å². The van der Waals surface area contributed by atoms with Gasteiger partial charge in [0.1, 0.15) is 47.9 Å². The van der Waals surface area contributed by atoms with Crippen molar-refractivity contribution in [1.29, 1.82) is 0 Å². The van der Waals surface area contributed by atoms with E-state index in [0.717, 1.165) is 17.1 Å². The highest BCUT2D eigenvalue weighted by Crippen LogP contribution is 2.57. The third-order valence-electron chi connectivity index (χ3n) is 6.94. The Morgan fingerprint density at radius 2 is 1.84 bits per heavy atom. The standard InChI is InChI=1S/C21H27N7O14P2/c22-16-10-18(25-6-24-16)28(7-26-10)20-13(31)11(29)9(40-20)5-39-43(34,35)21(42-44(36,37)38)15-12(30)14(32)19(41-15)27-3-1-2-8(4-27)17(23)33/h1-4,6-7,9,11-15,19-21,29-32H,5H2,(H6-,22,23,24,25,33,34,35,36,37,38)/t9-,11-,12+,13-,14-,15-,19-,20-,21?/m1/s1. The first kappa shape index (κ1) is 32.4. The van der Waals surface area contributed by atoms with Crippen LogP contribution in [0.25, 0.3) is 11.2 Å². The quantitative estimate of drug-likeness (QED) is 0.0751. The molecule has 0 radical (unpaired) electrons. The number of hydrogen-bond acceptors (Lipinski definition) is 16. The number of aliphatic hydroxyl groups is 4. The number of ether oxygens (including phenoxy) is 2. The van der Waals surface area contributed by atoms with Crippen LogP contribution in [0.5, 0.6) is 0 Å². The van der Waals surface area contributed by atoms with E-state index in [0.29, 0.717) is 0 Å². The number of hydrogen-bond donors (Lipinski definition) is 8. The van der Waals surface area contributed by atoms with E-state index in [-0.39, 0.29) is 22.5 Å². The number of nitrogen functional groups attached to an aromatic ring is 1. The van der Waals surface area contributed by atoms with E-state index < -0.39 is 82.9 Å². The molecule has 11 atom stereocenters. The normalized spacial score (nSPS) is 32.3. The van der Waals surface area contributed by atoms with Gasteiger partial charge in [0.2, 0.25) is 0 Å². The first-order valence-electron chi connectivity index (χ1n) is 12.5. The van der Waals surface area contributed by atoms with Gasteiger partial charge in [-0.15, -0.1) is 0 Å². The highest BCUT2D eigenvalue weighted by molar-refractivity contribution is 7.54. The van der Waals surface area contributed by atoms with Crippen molar-refractivity contribution in [3.8, 4) is 0 Å². The van der Waals surface area contributed by atoms with Crippen LogP contribution in [0.15, 0.2) is 37.2 Å². The summed E-state index contributed by atoms with van der Waals surface area (Å²) >= 11 is 0. The number of carbonyl (C=O) groups excluding carboxylic acids is 1. The zero-order chi connectivity index (χ0) is 32.1. The van der Waals surface area contributed by atoms with Crippen molar-refractivity contribution in [2.24, 2.45) is 5.73 Å². The van der Waals surface area contributed by atoms with Crippen LogP contribution in [0.2, 0.25) is 0 Å². The van der Waals surface area contributed by atoms with E-state index in [1.165, 1.54) is 29.2 Å². The lowest BCUT2D eigenvalue weighted by Crippen LogP contribution is -2.46. The Kier molecular flexibility index (Phi) is 8.88. The van der Waals surface area contributed by atoms with E-state index in [4.69, 9.17) is 25.5 Å². The van der Waals surface area contributed by atoms with Gasteiger partial charge in [0.15, 0.2) is 42.0 Å². The average Bonchev–Trinajstić information content (AvgIpc) is 3.60. The molecule has 10 N–H and O–H groups in total. The van der Waals surface area contributed by atoms with Crippen molar-refractivity contribution in [1.82, 2.24) is 19.5 Å². The number of phosphoric ester groups is 1. The first-order valence-corrected chi connectivity index (χ1v) is 15.7. The fourth-order valence-electron chi connectivity index (χ4n) is 4.81. The Morgan fingerprint density at radius 1 is 1.11 bits per heavy atom. The van der Waals surface area contributed by atoms with Gasteiger partial charge in [0, 0.05) is 6.07 Å². The molecule has 2 fully saturated rings. The lowest BCUT2D eigenvalue weighted by Gasteiger charge is -2.31. The topological polar surface area (TPSA) is 332 Å². The third kappa shape index (κ3) is 6.24. The summed E-state index contributed by atoms with van der Waals surface area (Å²) in [7, 11) is -11.3. The number of nitrogens with zero attached hydrogens (tertiary/aromatic N) is 5. The summed E-state index contributed by atoms with van der Waals surface area (Å²) in [6.07, 6.45) is -9.17. The Morgan fingerprint density at radius 3 is 2.52 bits per heavy atom. The zero-order valence-electron chi connectivity index (χ0n) is 22.1. The summed E-state index contributed by atoms with van der Waals surface area (Å²) in [5, 5.41) is 42.4. The van der Waals surface area contributed by atoms with E-state index in [1.807, 2.05) is 0 Å². The fourth-order valence-corrected chi connectivity index (χ4v) is 7.17. The number of phosphoric acid groups is 1. The van der Waals surface area contributed by atoms with Crippen molar-refractivity contribution < 1.29 is 72.1 Å². The SMILES string of the molecule is NC(=O)c1ccc[n+]([C@@H]2O[C@@H](C(OP(=O)([O-])O)P(=O)(O)OC[C@H]3O[C@@H](n4cnc5c(N)ncnc54)[C@H](O)[C@@H]3O)[C@@H](O)[C@H]2O)c1. The van der Waals surface area contributed by atoms with Crippen LogP contribution >= 0.6 is 15.4 Å². The molecule has 3 unspecified atom stereocenters. The van der Waals surface area contributed by atoms with Gasteiger partial charge < -0.3 is 60.6 Å². The molecule has 5 heterocycles. The van der Waals surface area contributed by atoms with E-state index in [2.05, 4.69) is 19.5 Å². The van der Waals surface area contributed by atoms with Crippen molar-refractivity contribution in [2.75, 3.05) is 12.3 Å². The van der Waals surface area contributed by atoms with Gasteiger partial charge >= 0.3 is 7.60 Å². The van der Waals surface area contributed by atoms with Crippen LogP contribution in [0.1, 0.15) is 22.8 Å². The van der Waals surface area contributed by atoms with Crippen molar-refractivity contribution in [2.45, 2.75) is 54.9 Å². The summed E-state index contributed by atoms with van der Waals surface area (Å²) in [4.78, 5) is 55.2. The minimum absolute atomic E-state index is 0.0242. The Labute approximate surface area is 246 Å². The smallest absolute Gasteiger partial charge is 0.360 e. The maximum Gasteiger partial charge on any atom is 0.360 e. The Balaban J connectivity index is 1.35. The van der Waals surface area contributed by atoms with Crippen molar-refractivity contribution >= 4 is 38.3 Å². The summed E-state index contributed by atoms with van der Waals surface area (Å²) in [5.74, 6) is -3.49. The molecule has 0 spiro atoms. The molecule has 3 aromatic rings. The minimum atomic E-state index is -5.83. The number of aliphatic hydroxyl groups excluding tert-OH is 4. The molecular weight excluding hydrogens is 636 g/mol. The Bertz CT molecular complexity index is 1640. The molecule has 2 saturated heterocycles. The third-order valence-corrected chi connectivity index (χ3v) is 9.16. The van der Waals surface area contributed by atoms with Crippen LogP contribution in [-0.4, -0.2) is 105 Å². The van der Waals surface area contributed by atoms with Crippen LogP contribution < -0.4 is 20.9 Å². The summed E-state index contributed by atoms with van der Waals surface area (Å²) in [6, 6.07) is 2.67. The molecule has 240 valence electrons. The number of pyridine rings is 1. The van der Waals surface area contributed by atoms with Gasteiger partial charge in [0.05, 0.1) is 12.9 Å². The van der Waals surface area contributed by atoms with Gasteiger partial charge in [0.25, 0.3) is 20.0 Å². The van der Waals surface area contributed by atoms with E-state index in [1.54, 1.807) is 0 Å². The van der Waals surface area contributed by atoms with Gasteiger partial charge in [-0.05, 0) is 6.07 Å². The second-order valence-corrected chi connectivity index (χ2v) is 12.9. The number of fused-ring (bicyclic) bond motifs is 1. The number of nitrogens with two attached hydrogens (primary N) is 2. The molecule has 21 nitrogen and oxygen atoms in total. The molecule has 0 aliphatic carbocycles. The van der Waals surface area contributed by atoms with Gasteiger partial charge in [-0.1, -0.05) is 0 Å². The number of rotatable bonds is 10. The number of anilines is 1. The second-order valence-electron chi connectivity index (χ2n) is 9.83. The molecule has 3 aromatic heterocycles. The molecule has 0 bridgehead atoms. The molecule has 2 aliphatic heterocycles. The van der Waals surface area contributed by atoms with Gasteiger partial charge in [-0.25, -0.2) is 15.0 Å². The highest BCUT2D eigenvalue weighted by Gasteiger charge is 2.57. The van der Waals surface area contributed by atoms with E-state index >= 15 is 0 Å². The molecule has 0 saturated carbocycles. The second kappa shape index (κ2) is 12.1. The maximum atomic E-state index is 13.3. The van der Waals surface area contributed by atoms with Crippen LogP contribution in [0.4, 0.5) is 5.82 Å². The highest BCUT2D eigenvalue weighted by atomic mass is 31.2. The molecular formula is C21H27N7O14P2. The Hall–Kier alpha value is -3.01. The summed E-state index contributed by atoms with van der Waals surface area (Å²) < 4.78 is 47.8. The predicted molar refractivity (Wildman–Crippen MR) is 137 cm³/mol. The van der Waals surface area contributed by atoms with Crippen LogP contribution in [0.3, 0.4) is 0 Å². The molecule has 23 heteroatoms. The molecule has 44 heavy (non-hydrogen) atoms.